The van der Waals surface area contributed by atoms with Gasteiger partial charge in [-0.3, -0.25) is 4.79 Å². The number of hydrogen-bond donors (Lipinski definition) is 2. The van der Waals surface area contributed by atoms with Crippen LogP contribution in [0.25, 0.3) is 0 Å². The lowest BCUT2D eigenvalue weighted by molar-refractivity contribution is -0.118. The number of allylic oxidation sites excluding steroid dienone is 1. The third kappa shape index (κ3) is 3.45. The summed E-state index contributed by atoms with van der Waals surface area (Å²) in [6.07, 6.45) is 2.74. The molecule has 2 unspecified atom stereocenters. The molecule has 1 aliphatic rings. The van der Waals surface area contributed by atoms with Crippen LogP contribution in [-0.2, 0) is 4.79 Å². The van der Waals surface area contributed by atoms with Crippen LogP contribution < -0.4 is 10.6 Å². The molecule has 0 spiro atoms. The van der Waals surface area contributed by atoms with E-state index in [4.69, 9.17) is 0 Å². The van der Waals surface area contributed by atoms with Crippen LogP contribution in [0.1, 0.15) is 31.7 Å². The van der Waals surface area contributed by atoms with Gasteiger partial charge in [0, 0.05) is 24.1 Å². The Morgan fingerprint density at radius 3 is 2.75 bits per heavy atom. The number of carbonyl (C=O) groups is 1. The zero-order valence-electron chi connectivity index (χ0n) is 11.9. The van der Waals surface area contributed by atoms with Crippen molar-refractivity contribution in [3.05, 3.63) is 47.3 Å². The summed E-state index contributed by atoms with van der Waals surface area (Å²) in [6, 6.07) is 6.62. The summed E-state index contributed by atoms with van der Waals surface area (Å²) in [4.78, 5) is 12.0. The van der Waals surface area contributed by atoms with Gasteiger partial charge in [0.25, 0.3) is 0 Å². The van der Waals surface area contributed by atoms with Crippen molar-refractivity contribution in [3.8, 4) is 0 Å². The molecule has 1 aliphatic heterocycles. The molecule has 0 aromatic heterocycles. The number of halogens is 1. The van der Waals surface area contributed by atoms with Crippen LogP contribution in [0.5, 0.6) is 0 Å². The average molecular weight is 276 g/mol. The molecule has 0 aliphatic carbocycles. The van der Waals surface area contributed by atoms with E-state index in [0.29, 0.717) is 5.57 Å². The number of rotatable bonds is 3. The first-order valence-electron chi connectivity index (χ1n) is 7.01. The third-order valence-corrected chi connectivity index (χ3v) is 3.89. The van der Waals surface area contributed by atoms with Gasteiger partial charge in [-0.2, -0.15) is 0 Å². The van der Waals surface area contributed by atoms with Gasteiger partial charge in [-0.25, -0.2) is 4.39 Å². The fourth-order valence-corrected chi connectivity index (χ4v) is 2.53. The minimum atomic E-state index is -0.229. The van der Waals surface area contributed by atoms with E-state index in [-0.39, 0.29) is 23.7 Å². The van der Waals surface area contributed by atoms with E-state index in [2.05, 4.69) is 10.6 Å². The summed E-state index contributed by atoms with van der Waals surface area (Å²) < 4.78 is 13.0. The smallest absolute Gasteiger partial charge is 0.246 e. The number of piperidine rings is 1. The SMILES string of the molecule is C/C=C(\C)C(=O)NC1CNCCC1c1ccc(F)cc1. The van der Waals surface area contributed by atoms with Crippen LogP contribution in [0.15, 0.2) is 35.9 Å². The molecule has 4 heteroatoms. The molecule has 0 radical (unpaired) electrons. The van der Waals surface area contributed by atoms with Crippen molar-refractivity contribution in [1.29, 1.82) is 0 Å². The highest BCUT2D eigenvalue weighted by molar-refractivity contribution is 5.92. The van der Waals surface area contributed by atoms with Gasteiger partial charge in [-0.15, -0.1) is 0 Å². The van der Waals surface area contributed by atoms with E-state index >= 15 is 0 Å². The Kier molecular flexibility index (Phi) is 4.90. The highest BCUT2D eigenvalue weighted by Crippen LogP contribution is 2.26. The quantitative estimate of drug-likeness (QED) is 0.832. The lowest BCUT2D eigenvalue weighted by atomic mass is 9.86. The van der Waals surface area contributed by atoms with Crippen molar-refractivity contribution in [2.75, 3.05) is 13.1 Å². The molecule has 1 heterocycles. The maximum atomic E-state index is 13.0. The van der Waals surface area contributed by atoms with Crippen molar-refractivity contribution in [3.63, 3.8) is 0 Å². The molecular formula is C16H21FN2O. The maximum Gasteiger partial charge on any atom is 0.246 e. The van der Waals surface area contributed by atoms with Gasteiger partial charge in [-0.1, -0.05) is 18.2 Å². The molecule has 3 nitrogen and oxygen atoms in total. The molecule has 1 aromatic carbocycles. The van der Waals surface area contributed by atoms with Gasteiger partial charge in [0.1, 0.15) is 5.82 Å². The molecule has 1 saturated heterocycles. The van der Waals surface area contributed by atoms with Gasteiger partial charge in [0.15, 0.2) is 0 Å². The Morgan fingerprint density at radius 2 is 2.10 bits per heavy atom. The molecule has 1 fully saturated rings. The Hall–Kier alpha value is -1.68. The summed E-state index contributed by atoms with van der Waals surface area (Å²) in [5.41, 5.74) is 1.80. The molecule has 2 atom stereocenters. The van der Waals surface area contributed by atoms with Crippen LogP contribution in [0.3, 0.4) is 0 Å². The van der Waals surface area contributed by atoms with Gasteiger partial charge < -0.3 is 10.6 Å². The minimum absolute atomic E-state index is 0.0340. The first-order chi connectivity index (χ1) is 9.61. The number of amides is 1. The van der Waals surface area contributed by atoms with Gasteiger partial charge in [0.05, 0.1) is 0 Å². The second-order valence-electron chi connectivity index (χ2n) is 5.20. The zero-order chi connectivity index (χ0) is 14.5. The first kappa shape index (κ1) is 14.7. The Morgan fingerprint density at radius 1 is 1.40 bits per heavy atom. The van der Waals surface area contributed by atoms with E-state index in [1.165, 1.54) is 12.1 Å². The van der Waals surface area contributed by atoms with Gasteiger partial charge in [0.2, 0.25) is 5.91 Å². The van der Waals surface area contributed by atoms with Crippen LogP contribution in [0.4, 0.5) is 4.39 Å². The van der Waals surface area contributed by atoms with Crippen molar-refractivity contribution < 1.29 is 9.18 Å². The second kappa shape index (κ2) is 6.66. The normalized spacial score (nSPS) is 23.4. The van der Waals surface area contributed by atoms with E-state index in [1.807, 2.05) is 19.1 Å². The fourth-order valence-electron chi connectivity index (χ4n) is 2.53. The molecule has 20 heavy (non-hydrogen) atoms. The maximum absolute atomic E-state index is 13.0. The predicted octanol–water partition coefficient (Wildman–Crippen LogP) is 2.35. The topological polar surface area (TPSA) is 41.1 Å². The van der Waals surface area contributed by atoms with Crippen molar-refractivity contribution in [2.24, 2.45) is 0 Å². The molecule has 0 saturated carbocycles. The molecule has 1 amide bonds. The molecule has 108 valence electrons. The van der Waals surface area contributed by atoms with Crippen LogP contribution in [0.2, 0.25) is 0 Å². The molecular weight excluding hydrogens is 255 g/mol. The predicted molar refractivity (Wildman–Crippen MR) is 78.0 cm³/mol. The average Bonchev–Trinajstić information content (AvgIpc) is 2.48. The summed E-state index contributed by atoms with van der Waals surface area (Å²) >= 11 is 0. The monoisotopic (exact) mass is 276 g/mol. The zero-order valence-corrected chi connectivity index (χ0v) is 11.9. The Bertz CT molecular complexity index is 496. The minimum Gasteiger partial charge on any atom is -0.348 e. The largest absolute Gasteiger partial charge is 0.348 e. The number of benzene rings is 1. The molecule has 2 N–H and O–H groups in total. The van der Waals surface area contributed by atoms with Crippen LogP contribution >= 0.6 is 0 Å². The van der Waals surface area contributed by atoms with E-state index in [1.54, 1.807) is 13.0 Å². The highest BCUT2D eigenvalue weighted by Gasteiger charge is 2.27. The summed E-state index contributed by atoms with van der Waals surface area (Å²) in [7, 11) is 0. The van der Waals surface area contributed by atoms with Crippen LogP contribution in [-0.4, -0.2) is 25.0 Å². The number of nitrogens with one attached hydrogen (secondary N) is 2. The second-order valence-corrected chi connectivity index (χ2v) is 5.20. The van der Waals surface area contributed by atoms with E-state index in [0.717, 1.165) is 25.1 Å². The van der Waals surface area contributed by atoms with Crippen molar-refractivity contribution in [1.82, 2.24) is 10.6 Å². The Labute approximate surface area is 119 Å². The highest BCUT2D eigenvalue weighted by atomic mass is 19.1. The first-order valence-corrected chi connectivity index (χ1v) is 7.01. The fraction of sp³-hybridized carbons (Fsp3) is 0.438. The van der Waals surface area contributed by atoms with Gasteiger partial charge >= 0.3 is 0 Å². The van der Waals surface area contributed by atoms with Crippen LogP contribution in [0, 0.1) is 5.82 Å². The summed E-state index contributed by atoms with van der Waals surface area (Å²) in [5.74, 6) is -0.0354. The third-order valence-electron chi connectivity index (χ3n) is 3.89. The van der Waals surface area contributed by atoms with Crippen molar-refractivity contribution in [2.45, 2.75) is 32.2 Å². The van der Waals surface area contributed by atoms with E-state index in [9.17, 15) is 9.18 Å². The number of hydrogen-bond acceptors (Lipinski definition) is 2. The Balaban J connectivity index is 2.13. The van der Waals surface area contributed by atoms with Crippen molar-refractivity contribution >= 4 is 5.91 Å². The standard InChI is InChI=1S/C16H21FN2O/c1-3-11(2)16(20)19-15-10-18-9-8-14(15)12-4-6-13(17)7-5-12/h3-7,14-15,18H,8-10H2,1-2H3,(H,19,20)/b11-3+. The van der Waals surface area contributed by atoms with E-state index < -0.39 is 0 Å². The summed E-state index contributed by atoms with van der Waals surface area (Å²) in [6.45, 7) is 5.31. The molecule has 2 rings (SSSR count). The number of carbonyl (C=O) groups excluding carboxylic acids is 1. The molecule has 0 bridgehead atoms. The molecule has 1 aromatic rings. The van der Waals surface area contributed by atoms with Gasteiger partial charge in [-0.05, 0) is 44.5 Å². The summed E-state index contributed by atoms with van der Waals surface area (Å²) in [5, 5.41) is 6.37. The lowest BCUT2D eigenvalue weighted by Gasteiger charge is -2.33. The lowest BCUT2D eigenvalue weighted by Crippen LogP contribution is -2.50.